The Bertz CT molecular complexity index is 812. The maximum atomic E-state index is 4.37. The van der Waals surface area contributed by atoms with Gasteiger partial charge in [0.2, 0.25) is 5.82 Å². The molecule has 0 unspecified atom stereocenters. The zero-order valence-corrected chi connectivity index (χ0v) is 9.04. The lowest BCUT2D eigenvalue weighted by atomic mass is 10.4. The van der Waals surface area contributed by atoms with Gasteiger partial charge in [-0.3, -0.25) is 0 Å². The van der Waals surface area contributed by atoms with Crippen molar-refractivity contribution in [3.63, 3.8) is 0 Å². The minimum absolute atomic E-state index is 0.518. The largest absolute Gasteiger partial charge is 0.252 e. The number of hydrogen-bond acceptors (Lipinski definition) is 6. The second-order valence-electron chi connectivity index (χ2n) is 3.64. The summed E-state index contributed by atoms with van der Waals surface area (Å²) in [5, 5.41) is 8.28. The molecule has 4 heterocycles. The van der Waals surface area contributed by atoms with E-state index in [2.05, 4.69) is 30.1 Å². The van der Waals surface area contributed by atoms with Gasteiger partial charge < -0.3 is 0 Å². The smallest absolute Gasteiger partial charge is 0.245 e. The number of nitrogens with zero attached hydrogens (tertiary/aromatic N) is 8. The van der Waals surface area contributed by atoms with Gasteiger partial charge in [0.05, 0.1) is 0 Å². The molecule has 18 heavy (non-hydrogen) atoms. The van der Waals surface area contributed by atoms with E-state index in [1.807, 2.05) is 0 Å². The fourth-order valence-electron chi connectivity index (χ4n) is 1.69. The summed E-state index contributed by atoms with van der Waals surface area (Å²) in [4.78, 5) is 16.7. The summed E-state index contributed by atoms with van der Waals surface area (Å²) >= 11 is 0. The van der Waals surface area contributed by atoms with Crippen molar-refractivity contribution < 1.29 is 0 Å². The zero-order chi connectivity index (χ0) is 11.9. The van der Waals surface area contributed by atoms with E-state index in [9.17, 15) is 0 Å². The molecule has 0 radical (unpaired) electrons. The normalized spacial score (nSPS) is 11.3. The van der Waals surface area contributed by atoms with Crippen molar-refractivity contribution in [3.05, 3.63) is 37.2 Å². The third kappa shape index (κ3) is 1.25. The van der Waals surface area contributed by atoms with E-state index in [0.717, 1.165) is 5.65 Å². The molecule has 8 heteroatoms. The van der Waals surface area contributed by atoms with Crippen molar-refractivity contribution in [2.45, 2.75) is 0 Å². The van der Waals surface area contributed by atoms with Crippen LogP contribution in [0.25, 0.3) is 22.9 Å². The Morgan fingerprint density at radius 1 is 1.06 bits per heavy atom. The van der Waals surface area contributed by atoms with E-state index in [0.29, 0.717) is 17.3 Å². The van der Waals surface area contributed by atoms with Gasteiger partial charge in [0, 0.05) is 18.5 Å². The van der Waals surface area contributed by atoms with Gasteiger partial charge in [-0.05, 0) is 6.07 Å². The summed E-state index contributed by atoms with van der Waals surface area (Å²) in [5.41, 5.74) is 1.38. The highest BCUT2D eigenvalue weighted by atomic mass is 15.3. The van der Waals surface area contributed by atoms with E-state index in [1.165, 1.54) is 6.33 Å². The average molecular weight is 238 g/mol. The number of hydrogen-bond donors (Lipinski definition) is 0. The van der Waals surface area contributed by atoms with Crippen molar-refractivity contribution in [1.82, 2.24) is 39.2 Å². The quantitative estimate of drug-likeness (QED) is 0.471. The van der Waals surface area contributed by atoms with Crippen molar-refractivity contribution in [2.24, 2.45) is 0 Å². The lowest BCUT2D eigenvalue weighted by Gasteiger charge is -1.94. The molecule has 0 aliphatic rings. The van der Waals surface area contributed by atoms with Crippen LogP contribution in [-0.2, 0) is 0 Å². The Morgan fingerprint density at radius 3 is 3.00 bits per heavy atom. The summed E-state index contributed by atoms with van der Waals surface area (Å²) in [5.74, 6) is 1.05. The molecule has 4 aromatic heterocycles. The fraction of sp³-hybridized carbons (Fsp3) is 0. The second-order valence-corrected chi connectivity index (χ2v) is 3.64. The molecule has 4 aromatic rings. The molecular weight excluding hydrogens is 232 g/mol. The Labute approximate surface area is 100.0 Å². The molecule has 8 nitrogen and oxygen atoms in total. The predicted molar refractivity (Wildman–Crippen MR) is 60.6 cm³/mol. The van der Waals surface area contributed by atoms with Crippen LogP contribution >= 0.6 is 0 Å². The molecule has 86 valence electrons. The van der Waals surface area contributed by atoms with E-state index in [-0.39, 0.29) is 0 Å². The van der Waals surface area contributed by atoms with Gasteiger partial charge in [-0.1, -0.05) is 0 Å². The van der Waals surface area contributed by atoms with Crippen molar-refractivity contribution >= 4 is 11.4 Å². The SMILES string of the molecule is c1cc2nc(-c3ccn4ncnc4n3)nn2cn1. The maximum absolute atomic E-state index is 4.37. The van der Waals surface area contributed by atoms with Crippen LogP contribution in [0.4, 0.5) is 0 Å². The van der Waals surface area contributed by atoms with Gasteiger partial charge in [0.1, 0.15) is 18.3 Å². The van der Waals surface area contributed by atoms with Gasteiger partial charge in [0.25, 0.3) is 5.78 Å². The molecule has 0 bridgehead atoms. The molecule has 0 aliphatic heterocycles. The molecule has 0 saturated heterocycles. The molecular formula is C10H6N8. The molecule has 0 aromatic carbocycles. The van der Waals surface area contributed by atoms with Gasteiger partial charge in [-0.25, -0.2) is 24.0 Å². The molecule has 0 fully saturated rings. The minimum Gasteiger partial charge on any atom is -0.245 e. The summed E-state index contributed by atoms with van der Waals surface area (Å²) in [6.45, 7) is 0. The molecule has 0 N–H and O–H groups in total. The van der Waals surface area contributed by atoms with E-state index >= 15 is 0 Å². The first kappa shape index (κ1) is 9.16. The van der Waals surface area contributed by atoms with Crippen LogP contribution in [0.5, 0.6) is 0 Å². The summed E-state index contributed by atoms with van der Waals surface area (Å²) in [6.07, 6.45) is 6.49. The van der Waals surface area contributed by atoms with Crippen molar-refractivity contribution in [2.75, 3.05) is 0 Å². The van der Waals surface area contributed by atoms with Crippen molar-refractivity contribution in [3.8, 4) is 11.5 Å². The van der Waals surface area contributed by atoms with Crippen molar-refractivity contribution in [1.29, 1.82) is 0 Å². The number of rotatable bonds is 1. The van der Waals surface area contributed by atoms with Gasteiger partial charge in [0.15, 0.2) is 5.65 Å². The summed E-state index contributed by atoms with van der Waals surface area (Å²) < 4.78 is 3.19. The first-order chi connectivity index (χ1) is 8.90. The van der Waals surface area contributed by atoms with E-state index in [1.54, 1.807) is 39.9 Å². The van der Waals surface area contributed by atoms with Crippen LogP contribution in [-0.4, -0.2) is 39.2 Å². The second kappa shape index (κ2) is 3.29. The highest BCUT2D eigenvalue weighted by molar-refractivity contribution is 5.54. The number of fused-ring (bicyclic) bond motifs is 2. The molecule has 0 aliphatic carbocycles. The average Bonchev–Trinajstić information content (AvgIpc) is 3.04. The van der Waals surface area contributed by atoms with E-state index < -0.39 is 0 Å². The molecule has 4 rings (SSSR count). The first-order valence-electron chi connectivity index (χ1n) is 5.23. The summed E-state index contributed by atoms with van der Waals surface area (Å²) in [6, 6.07) is 3.58. The summed E-state index contributed by atoms with van der Waals surface area (Å²) in [7, 11) is 0. The van der Waals surface area contributed by atoms with Crippen LogP contribution in [0, 0.1) is 0 Å². The Balaban J connectivity index is 1.94. The third-order valence-corrected chi connectivity index (χ3v) is 2.52. The van der Waals surface area contributed by atoms with Gasteiger partial charge >= 0.3 is 0 Å². The predicted octanol–water partition coefficient (Wildman–Crippen LogP) is 0.229. The molecule has 0 amide bonds. The van der Waals surface area contributed by atoms with E-state index in [4.69, 9.17) is 0 Å². The van der Waals surface area contributed by atoms with Crippen LogP contribution in [0.3, 0.4) is 0 Å². The third-order valence-electron chi connectivity index (χ3n) is 2.52. The maximum Gasteiger partial charge on any atom is 0.252 e. The Morgan fingerprint density at radius 2 is 2.06 bits per heavy atom. The first-order valence-corrected chi connectivity index (χ1v) is 5.23. The van der Waals surface area contributed by atoms with Crippen LogP contribution in [0.15, 0.2) is 37.2 Å². The Hall–Kier alpha value is -2.90. The topological polar surface area (TPSA) is 86.2 Å². The minimum atomic E-state index is 0.518. The van der Waals surface area contributed by atoms with Gasteiger partial charge in [-0.2, -0.15) is 10.1 Å². The van der Waals surface area contributed by atoms with Crippen LogP contribution < -0.4 is 0 Å². The van der Waals surface area contributed by atoms with Crippen LogP contribution in [0.2, 0.25) is 0 Å². The highest BCUT2D eigenvalue weighted by Gasteiger charge is 2.08. The van der Waals surface area contributed by atoms with Crippen LogP contribution in [0.1, 0.15) is 0 Å². The number of aromatic nitrogens is 8. The molecule has 0 atom stereocenters. The lowest BCUT2D eigenvalue weighted by Crippen LogP contribution is -1.94. The molecule has 0 saturated carbocycles. The molecule has 0 spiro atoms. The zero-order valence-electron chi connectivity index (χ0n) is 9.04. The standard InChI is InChI=1S/C10H6N8/c1-3-11-6-18-8(1)15-9(16-18)7-2-4-17-10(14-7)12-5-13-17/h1-6H. The fourth-order valence-corrected chi connectivity index (χ4v) is 1.69. The highest BCUT2D eigenvalue weighted by Crippen LogP contribution is 2.13. The Kier molecular flexibility index (Phi) is 1.68. The lowest BCUT2D eigenvalue weighted by molar-refractivity contribution is 0.915. The monoisotopic (exact) mass is 238 g/mol. The van der Waals surface area contributed by atoms with Gasteiger partial charge in [-0.15, -0.1) is 5.10 Å².